The Morgan fingerprint density at radius 2 is 1.78 bits per heavy atom. The third kappa shape index (κ3) is 10.4. The van der Waals surface area contributed by atoms with E-state index in [1.807, 2.05) is 12.0 Å². The molecular weight excluding hydrogens is 572 g/mol. The molecule has 8 nitrogen and oxygen atoms in total. The van der Waals surface area contributed by atoms with Crippen LogP contribution in [0.4, 0.5) is 0 Å². The first kappa shape index (κ1) is 36.1. The van der Waals surface area contributed by atoms with Gasteiger partial charge in [-0.05, 0) is 69.8 Å². The zero-order valence-electron chi connectivity index (χ0n) is 29.3. The number of rotatable bonds is 19. The van der Waals surface area contributed by atoms with Gasteiger partial charge in [-0.1, -0.05) is 44.2 Å². The monoisotopic (exact) mass is 632 g/mol. The van der Waals surface area contributed by atoms with Gasteiger partial charge in [-0.25, -0.2) is 0 Å². The van der Waals surface area contributed by atoms with Gasteiger partial charge in [0.1, 0.15) is 0 Å². The number of amides is 1. The van der Waals surface area contributed by atoms with E-state index in [9.17, 15) is 4.79 Å². The van der Waals surface area contributed by atoms with E-state index >= 15 is 0 Å². The lowest BCUT2D eigenvalue weighted by atomic mass is 10.1. The van der Waals surface area contributed by atoms with Gasteiger partial charge in [0.15, 0.2) is 0 Å². The second-order valence-electron chi connectivity index (χ2n) is 14.0. The van der Waals surface area contributed by atoms with Crippen LogP contribution in [0.1, 0.15) is 83.8 Å². The van der Waals surface area contributed by atoms with Crippen molar-refractivity contribution in [2.45, 2.75) is 84.3 Å². The molecule has 1 aromatic rings. The lowest BCUT2D eigenvalue weighted by Crippen LogP contribution is -2.47. The number of ether oxygens (including phenoxy) is 1. The maximum atomic E-state index is 13.3. The molecule has 0 bridgehead atoms. The highest BCUT2D eigenvalue weighted by atomic mass is 16.5. The Hall–Kier alpha value is -2.70. The molecule has 8 heteroatoms. The molecule has 1 aliphatic carbocycles. The topological polar surface area (TPSA) is 54.9 Å². The number of carbonyl (C=O) groups is 1. The Morgan fingerprint density at radius 1 is 1.11 bits per heavy atom. The molecular formula is C38H60N6O2. The van der Waals surface area contributed by atoms with Gasteiger partial charge in [0.25, 0.3) is 0 Å². The molecule has 1 saturated heterocycles. The number of aliphatic imine (C=N–C) groups is 1. The number of terminal acetylenes is 1. The molecule has 0 aromatic heterocycles. The first-order valence-corrected chi connectivity index (χ1v) is 17.7. The predicted molar refractivity (Wildman–Crippen MR) is 190 cm³/mol. The summed E-state index contributed by atoms with van der Waals surface area (Å²) in [7, 11) is 1.82. The van der Waals surface area contributed by atoms with Gasteiger partial charge in [0.2, 0.25) is 5.91 Å². The second kappa shape index (κ2) is 18.0. The number of carbonyl (C=O) groups excluding carboxylic acids is 1. The minimum atomic E-state index is 0.0821. The molecule has 2 unspecified atom stereocenters. The maximum absolute atomic E-state index is 13.3. The van der Waals surface area contributed by atoms with Gasteiger partial charge in [-0.15, -0.1) is 12.3 Å². The van der Waals surface area contributed by atoms with Crippen LogP contribution in [0.3, 0.4) is 0 Å². The molecule has 2 fully saturated rings. The number of benzene rings is 1. The van der Waals surface area contributed by atoms with Crippen LogP contribution in [-0.2, 0) is 9.53 Å². The molecule has 1 aromatic carbocycles. The SMILES string of the molecule is C#CCCCCN1CCN(CCCC(=O)N2CCC(N(CC)CN(CCC(OC)c3ccccc3)C3CC3(C)C)=C(N=C)C2)CC1. The molecule has 4 rings (SSSR count). The largest absolute Gasteiger partial charge is 0.377 e. The first-order chi connectivity index (χ1) is 22.3. The van der Waals surface area contributed by atoms with Gasteiger partial charge in [0, 0.05) is 83.9 Å². The van der Waals surface area contributed by atoms with Crippen LogP contribution in [0, 0.1) is 17.8 Å². The predicted octanol–water partition coefficient (Wildman–Crippen LogP) is 5.49. The van der Waals surface area contributed by atoms with E-state index < -0.39 is 0 Å². The summed E-state index contributed by atoms with van der Waals surface area (Å²) in [6.07, 6.45) is 13.1. The normalized spacial score (nSPS) is 20.9. The third-order valence-corrected chi connectivity index (χ3v) is 10.4. The average molecular weight is 633 g/mol. The summed E-state index contributed by atoms with van der Waals surface area (Å²) in [6.45, 7) is 21.5. The number of methoxy groups -OCH3 is 1. The number of piperazine rings is 1. The summed E-state index contributed by atoms with van der Waals surface area (Å²) in [5.74, 6) is 2.97. The highest BCUT2D eigenvalue weighted by molar-refractivity contribution is 5.76. The van der Waals surface area contributed by atoms with Crippen LogP contribution in [0.15, 0.2) is 46.7 Å². The Kier molecular flexibility index (Phi) is 14.1. The van der Waals surface area contributed by atoms with Gasteiger partial charge in [0.05, 0.1) is 25.0 Å². The van der Waals surface area contributed by atoms with E-state index in [1.54, 1.807) is 0 Å². The Labute approximate surface area is 279 Å². The quantitative estimate of drug-likeness (QED) is 0.0871. The van der Waals surface area contributed by atoms with Gasteiger partial charge >= 0.3 is 0 Å². The van der Waals surface area contributed by atoms with Crippen molar-refractivity contribution in [1.82, 2.24) is 24.5 Å². The molecule has 0 radical (unpaired) electrons. The Morgan fingerprint density at radius 3 is 2.37 bits per heavy atom. The van der Waals surface area contributed by atoms with E-state index in [4.69, 9.17) is 11.2 Å². The van der Waals surface area contributed by atoms with E-state index in [0.29, 0.717) is 24.4 Å². The number of hydrogen-bond acceptors (Lipinski definition) is 7. The molecule has 2 aliphatic heterocycles. The Balaban J connectivity index is 1.27. The van der Waals surface area contributed by atoms with E-state index in [1.165, 1.54) is 24.1 Å². The fraction of sp³-hybridized carbons (Fsp3) is 0.684. The molecule has 1 amide bonds. The first-order valence-electron chi connectivity index (χ1n) is 17.7. The fourth-order valence-electron chi connectivity index (χ4n) is 7.20. The van der Waals surface area contributed by atoms with Gasteiger partial charge in [-0.2, -0.15) is 0 Å². The van der Waals surface area contributed by atoms with E-state index in [2.05, 4.69) is 88.3 Å². The van der Waals surface area contributed by atoms with E-state index in [-0.39, 0.29) is 12.0 Å². The molecule has 254 valence electrons. The van der Waals surface area contributed by atoms with Crippen molar-refractivity contribution in [1.29, 1.82) is 0 Å². The van der Waals surface area contributed by atoms with Crippen molar-refractivity contribution in [3.8, 4) is 12.3 Å². The smallest absolute Gasteiger partial charge is 0.222 e. The molecule has 0 N–H and O–H groups in total. The molecule has 3 aliphatic rings. The van der Waals surface area contributed by atoms with Gasteiger partial charge in [-0.3, -0.25) is 14.7 Å². The highest BCUT2D eigenvalue weighted by Crippen LogP contribution is 2.49. The minimum Gasteiger partial charge on any atom is -0.377 e. The van der Waals surface area contributed by atoms with Crippen LogP contribution < -0.4 is 0 Å². The number of unbranched alkanes of at least 4 members (excludes halogenated alkanes) is 2. The fourth-order valence-corrected chi connectivity index (χ4v) is 7.20. The lowest BCUT2D eigenvalue weighted by Gasteiger charge is -2.38. The summed E-state index contributed by atoms with van der Waals surface area (Å²) in [6, 6.07) is 11.1. The van der Waals surface area contributed by atoms with Crippen LogP contribution in [0.5, 0.6) is 0 Å². The van der Waals surface area contributed by atoms with Crippen molar-refractivity contribution < 1.29 is 9.53 Å². The van der Waals surface area contributed by atoms with Crippen LogP contribution in [0.25, 0.3) is 0 Å². The van der Waals surface area contributed by atoms with Crippen LogP contribution >= 0.6 is 0 Å². The van der Waals surface area contributed by atoms with Crippen LogP contribution in [0.2, 0.25) is 0 Å². The molecule has 0 spiro atoms. The van der Waals surface area contributed by atoms with E-state index in [0.717, 1.165) is 103 Å². The molecule has 1 saturated carbocycles. The molecule has 2 atom stereocenters. The van der Waals surface area contributed by atoms with Crippen LogP contribution in [-0.4, -0.2) is 122 Å². The van der Waals surface area contributed by atoms with Crippen molar-refractivity contribution in [3.05, 3.63) is 47.3 Å². The minimum absolute atomic E-state index is 0.0821. The second-order valence-corrected chi connectivity index (χ2v) is 14.0. The summed E-state index contributed by atoms with van der Waals surface area (Å²) < 4.78 is 5.92. The highest BCUT2D eigenvalue weighted by Gasteiger charge is 2.49. The average Bonchev–Trinajstić information content (AvgIpc) is 3.72. The van der Waals surface area contributed by atoms with Crippen molar-refractivity contribution in [2.24, 2.45) is 10.4 Å². The number of hydrogen-bond donors (Lipinski definition) is 0. The summed E-state index contributed by atoms with van der Waals surface area (Å²) in [5.41, 5.74) is 3.76. The van der Waals surface area contributed by atoms with Crippen molar-refractivity contribution in [2.75, 3.05) is 79.2 Å². The molecule has 2 heterocycles. The standard InChI is InChI=1S/C38H60N6O2/c1-7-9-10-14-21-40-25-27-41(28-26-40)22-15-18-37(45)43-23-19-34(33(30-43)39-5)42(8-2)31-44(36-29-38(36,3)4)24-20-35(46-6)32-16-12-11-13-17-32/h1,11-13,16-17,35-36H,5,8-10,14-15,18-31H2,2-4,6H3. The maximum Gasteiger partial charge on any atom is 0.222 e. The summed E-state index contributed by atoms with van der Waals surface area (Å²) in [4.78, 5) is 29.9. The molecule has 46 heavy (non-hydrogen) atoms. The summed E-state index contributed by atoms with van der Waals surface area (Å²) >= 11 is 0. The Bertz CT molecular complexity index is 1170. The summed E-state index contributed by atoms with van der Waals surface area (Å²) in [5, 5.41) is 0. The van der Waals surface area contributed by atoms with Gasteiger partial charge < -0.3 is 24.3 Å². The third-order valence-electron chi connectivity index (χ3n) is 10.4. The zero-order valence-corrected chi connectivity index (χ0v) is 29.3. The lowest BCUT2D eigenvalue weighted by molar-refractivity contribution is -0.131. The van der Waals surface area contributed by atoms with Crippen molar-refractivity contribution in [3.63, 3.8) is 0 Å². The van der Waals surface area contributed by atoms with Crippen molar-refractivity contribution >= 4 is 12.6 Å². The number of nitrogens with zero attached hydrogens (tertiary/aromatic N) is 6. The zero-order chi connectivity index (χ0) is 32.9.